The van der Waals surface area contributed by atoms with Crippen LogP contribution in [0.4, 0.5) is 0 Å². The Morgan fingerprint density at radius 2 is 1.13 bits per heavy atom. The molecule has 0 fully saturated rings. The Hall–Kier alpha value is -6.92. The highest BCUT2D eigenvalue weighted by molar-refractivity contribution is 6.06. The summed E-state index contributed by atoms with van der Waals surface area (Å²) >= 11 is 0. The average molecular weight is 689 g/mol. The van der Waals surface area contributed by atoms with Crippen LogP contribution in [-0.2, 0) is 6.42 Å². The van der Waals surface area contributed by atoms with Crippen LogP contribution in [-0.4, -0.2) is 9.97 Å². The van der Waals surface area contributed by atoms with Gasteiger partial charge >= 0.3 is 11.3 Å². The number of para-hydroxylation sites is 1. The maximum absolute atomic E-state index is 13.0. The SMILES string of the molecule is CCCc1ccc2c(ccc3oc(=O)c(-c4cnc(-c5ccc(-c6ccc(-c7cccc(-c8cc9ccccc9oc8=O)c7)cc6)cc5)cn4)cc32)c1. The Balaban J connectivity index is 0.941. The van der Waals surface area contributed by atoms with Gasteiger partial charge in [-0.05, 0) is 80.9 Å². The van der Waals surface area contributed by atoms with Crippen LogP contribution in [0.1, 0.15) is 18.9 Å². The van der Waals surface area contributed by atoms with Crippen molar-refractivity contribution < 1.29 is 8.83 Å². The van der Waals surface area contributed by atoms with E-state index in [0.29, 0.717) is 33.7 Å². The number of benzene rings is 6. The van der Waals surface area contributed by atoms with E-state index in [-0.39, 0.29) is 5.63 Å². The van der Waals surface area contributed by atoms with E-state index in [2.05, 4.69) is 71.5 Å². The van der Waals surface area contributed by atoms with E-state index in [1.807, 2.05) is 78.9 Å². The van der Waals surface area contributed by atoms with Gasteiger partial charge in [0.25, 0.3) is 0 Å². The minimum Gasteiger partial charge on any atom is -0.422 e. The van der Waals surface area contributed by atoms with Gasteiger partial charge in [-0.2, -0.15) is 0 Å². The first-order valence-electron chi connectivity index (χ1n) is 17.7. The van der Waals surface area contributed by atoms with Gasteiger partial charge in [-0.3, -0.25) is 9.97 Å². The molecule has 9 aromatic rings. The number of hydrogen-bond acceptors (Lipinski definition) is 6. The third-order valence-electron chi connectivity index (χ3n) is 9.81. The van der Waals surface area contributed by atoms with Crippen molar-refractivity contribution in [3.63, 3.8) is 0 Å². The monoisotopic (exact) mass is 688 g/mol. The summed E-state index contributed by atoms with van der Waals surface area (Å²) in [5, 5.41) is 3.91. The smallest absolute Gasteiger partial charge is 0.345 e. The maximum Gasteiger partial charge on any atom is 0.345 e. The standard InChI is InChI=1S/C47H32N2O4/c1-2-6-29-11-21-38-36(23-29)20-22-45-40(38)26-41(47(51)53-45)43-28-48-42(27-49-43)33-18-16-31(17-19-33)30-12-14-32(15-13-30)34-8-5-9-35(24-34)39-25-37-7-3-4-10-44(37)52-46(39)50/h3-5,7-28H,2,6H2,1H3. The molecule has 6 heteroatoms. The zero-order chi connectivity index (χ0) is 35.9. The Morgan fingerprint density at radius 1 is 0.472 bits per heavy atom. The molecule has 9 rings (SSSR count). The molecular weight excluding hydrogens is 657 g/mol. The van der Waals surface area contributed by atoms with Gasteiger partial charge in [0.05, 0.1) is 34.9 Å². The fourth-order valence-electron chi connectivity index (χ4n) is 7.04. The third kappa shape index (κ3) is 6.10. The van der Waals surface area contributed by atoms with Crippen molar-refractivity contribution in [2.75, 3.05) is 0 Å². The number of nitrogens with zero attached hydrogens (tertiary/aromatic N) is 2. The zero-order valence-corrected chi connectivity index (χ0v) is 28.9. The van der Waals surface area contributed by atoms with Crippen molar-refractivity contribution in [3.8, 4) is 55.9 Å². The lowest BCUT2D eigenvalue weighted by Crippen LogP contribution is -2.04. The Labute approximate surface area is 304 Å². The fourth-order valence-corrected chi connectivity index (χ4v) is 7.04. The zero-order valence-electron chi connectivity index (χ0n) is 28.9. The van der Waals surface area contributed by atoms with Crippen molar-refractivity contribution in [3.05, 3.63) is 178 Å². The lowest BCUT2D eigenvalue weighted by atomic mass is 9.97. The largest absolute Gasteiger partial charge is 0.422 e. The summed E-state index contributed by atoms with van der Waals surface area (Å²) in [6, 6.07) is 46.1. The van der Waals surface area contributed by atoms with E-state index >= 15 is 0 Å². The van der Waals surface area contributed by atoms with Crippen LogP contribution >= 0.6 is 0 Å². The van der Waals surface area contributed by atoms with Crippen LogP contribution < -0.4 is 11.3 Å². The van der Waals surface area contributed by atoms with E-state index in [0.717, 1.165) is 67.8 Å². The number of fused-ring (bicyclic) bond motifs is 4. The van der Waals surface area contributed by atoms with Crippen molar-refractivity contribution in [2.45, 2.75) is 19.8 Å². The highest BCUT2D eigenvalue weighted by Gasteiger charge is 2.14. The van der Waals surface area contributed by atoms with Crippen molar-refractivity contribution in [1.29, 1.82) is 0 Å². The molecule has 254 valence electrons. The molecule has 6 aromatic carbocycles. The molecule has 0 saturated carbocycles. The van der Waals surface area contributed by atoms with Crippen LogP contribution in [0.3, 0.4) is 0 Å². The highest BCUT2D eigenvalue weighted by atomic mass is 16.4. The second-order valence-corrected chi connectivity index (χ2v) is 13.2. The Kier molecular flexibility index (Phi) is 8.05. The molecule has 0 radical (unpaired) electrons. The minimum atomic E-state index is -0.443. The number of aromatic nitrogens is 2. The van der Waals surface area contributed by atoms with Gasteiger partial charge in [0.2, 0.25) is 0 Å². The molecule has 3 aromatic heterocycles. The van der Waals surface area contributed by atoms with Crippen molar-refractivity contribution in [2.24, 2.45) is 0 Å². The molecule has 53 heavy (non-hydrogen) atoms. The highest BCUT2D eigenvalue weighted by Crippen LogP contribution is 2.31. The summed E-state index contributed by atoms with van der Waals surface area (Å²) < 4.78 is 11.3. The first-order chi connectivity index (χ1) is 26.0. The molecule has 0 bridgehead atoms. The predicted octanol–water partition coefficient (Wildman–Crippen LogP) is 11.1. The molecule has 0 spiro atoms. The summed E-state index contributed by atoms with van der Waals surface area (Å²) in [5.41, 5.74) is 9.63. The lowest BCUT2D eigenvalue weighted by molar-refractivity contribution is 0.563. The number of rotatable bonds is 7. The maximum atomic E-state index is 13.0. The van der Waals surface area contributed by atoms with Gasteiger partial charge in [-0.1, -0.05) is 123 Å². The topological polar surface area (TPSA) is 86.2 Å². The number of hydrogen-bond donors (Lipinski definition) is 0. The third-order valence-corrected chi connectivity index (χ3v) is 9.81. The molecule has 6 nitrogen and oxygen atoms in total. The van der Waals surface area contributed by atoms with Gasteiger partial charge in [0.1, 0.15) is 11.2 Å². The normalized spacial score (nSPS) is 11.4. The van der Waals surface area contributed by atoms with E-state index in [1.54, 1.807) is 18.5 Å². The van der Waals surface area contributed by atoms with Crippen LogP contribution in [0.25, 0.3) is 88.6 Å². The molecule has 0 amide bonds. The predicted molar refractivity (Wildman–Crippen MR) is 213 cm³/mol. The van der Waals surface area contributed by atoms with E-state index < -0.39 is 5.63 Å². The van der Waals surface area contributed by atoms with Crippen molar-refractivity contribution in [1.82, 2.24) is 9.97 Å². The van der Waals surface area contributed by atoms with Crippen LogP contribution in [0.15, 0.2) is 170 Å². The molecule has 0 N–H and O–H groups in total. The lowest BCUT2D eigenvalue weighted by Gasteiger charge is -2.09. The summed E-state index contributed by atoms with van der Waals surface area (Å²) in [4.78, 5) is 35.1. The van der Waals surface area contributed by atoms with Gasteiger partial charge in [-0.25, -0.2) is 9.59 Å². The quantitative estimate of drug-likeness (QED) is 0.122. The summed E-state index contributed by atoms with van der Waals surface area (Å²) in [5.74, 6) is 0. The number of aryl methyl sites for hydroxylation is 1. The minimum absolute atomic E-state index is 0.353. The molecule has 0 aliphatic heterocycles. The van der Waals surface area contributed by atoms with Gasteiger partial charge in [0, 0.05) is 16.3 Å². The van der Waals surface area contributed by atoms with Crippen LogP contribution in [0.5, 0.6) is 0 Å². The average Bonchev–Trinajstić information content (AvgIpc) is 3.20. The molecule has 0 aliphatic rings. The second kappa shape index (κ2) is 13.3. The molecular formula is C47H32N2O4. The van der Waals surface area contributed by atoms with Crippen LogP contribution in [0.2, 0.25) is 0 Å². The molecule has 0 saturated heterocycles. The first-order valence-corrected chi connectivity index (χ1v) is 17.7. The molecule has 0 aliphatic carbocycles. The van der Waals surface area contributed by atoms with Gasteiger partial charge in [-0.15, -0.1) is 0 Å². The Morgan fingerprint density at radius 3 is 1.89 bits per heavy atom. The molecule has 0 atom stereocenters. The van der Waals surface area contributed by atoms with Gasteiger partial charge < -0.3 is 8.83 Å². The second-order valence-electron chi connectivity index (χ2n) is 13.2. The van der Waals surface area contributed by atoms with E-state index in [1.165, 1.54) is 5.56 Å². The summed E-state index contributed by atoms with van der Waals surface area (Å²) in [6.07, 6.45) is 5.43. The molecule has 0 unspecified atom stereocenters. The van der Waals surface area contributed by atoms with Gasteiger partial charge in [0.15, 0.2) is 0 Å². The summed E-state index contributed by atoms with van der Waals surface area (Å²) in [6.45, 7) is 2.17. The Bertz CT molecular complexity index is 2930. The van der Waals surface area contributed by atoms with E-state index in [9.17, 15) is 9.59 Å². The summed E-state index contributed by atoms with van der Waals surface area (Å²) in [7, 11) is 0. The fraction of sp³-hybridized carbons (Fsp3) is 0.0638. The van der Waals surface area contributed by atoms with Crippen molar-refractivity contribution >= 4 is 32.7 Å². The molecule has 3 heterocycles. The van der Waals surface area contributed by atoms with E-state index in [4.69, 9.17) is 8.83 Å². The first kappa shape index (κ1) is 32.0. The van der Waals surface area contributed by atoms with Crippen LogP contribution in [0, 0.1) is 0 Å².